The van der Waals surface area contributed by atoms with Crippen molar-refractivity contribution in [2.24, 2.45) is 0 Å². The molecule has 17 heavy (non-hydrogen) atoms. The number of nitrogens with zero attached hydrogens (tertiary/aromatic N) is 2. The Labute approximate surface area is 97.7 Å². The van der Waals surface area contributed by atoms with Crippen LogP contribution >= 0.6 is 0 Å². The maximum Gasteiger partial charge on any atom is 0.223 e. The minimum Gasteiger partial charge on any atom is -0.383 e. The van der Waals surface area contributed by atoms with E-state index in [0.717, 1.165) is 5.56 Å². The van der Waals surface area contributed by atoms with Gasteiger partial charge in [-0.25, -0.2) is 4.39 Å². The van der Waals surface area contributed by atoms with E-state index in [9.17, 15) is 4.39 Å². The molecule has 88 valence electrons. The Morgan fingerprint density at radius 1 is 1.18 bits per heavy atom. The van der Waals surface area contributed by atoms with Gasteiger partial charge in [0.1, 0.15) is 17.5 Å². The van der Waals surface area contributed by atoms with Crippen LogP contribution in [-0.2, 0) is 0 Å². The summed E-state index contributed by atoms with van der Waals surface area (Å²) in [4.78, 5) is 7.64. The molecule has 2 rings (SSSR count). The molecule has 0 radical (unpaired) electrons. The third kappa shape index (κ3) is 2.60. The molecule has 0 bridgehead atoms. The maximum absolute atomic E-state index is 13.5. The van der Waals surface area contributed by atoms with Gasteiger partial charge in [0.25, 0.3) is 0 Å². The number of aromatic nitrogens is 2. The standard InChI is InChI=1S/C11H12FN5/c1-6-2-3-7(12)8(4-6)15-10-5-9(13)16-11(14)17-10/h2-5H,1H3,(H5,13,14,15,16,17). The highest BCUT2D eigenvalue weighted by Crippen LogP contribution is 2.21. The minimum atomic E-state index is -0.369. The Hall–Kier alpha value is -2.37. The Morgan fingerprint density at radius 3 is 2.65 bits per heavy atom. The van der Waals surface area contributed by atoms with Gasteiger partial charge in [0.15, 0.2) is 0 Å². The molecule has 0 saturated carbocycles. The molecular weight excluding hydrogens is 221 g/mol. The number of nitrogens with one attached hydrogen (secondary N) is 1. The van der Waals surface area contributed by atoms with Crippen molar-refractivity contribution in [2.75, 3.05) is 16.8 Å². The molecule has 0 unspecified atom stereocenters. The fourth-order valence-electron chi connectivity index (χ4n) is 1.42. The van der Waals surface area contributed by atoms with E-state index in [0.29, 0.717) is 11.5 Å². The topological polar surface area (TPSA) is 89.8 Å². The first kappa shape index (κ1) is 11.1. The first-order chi connectivity index (χ1) is 8.04. The summed E-state index contributed by atoms with van der Waals surface area (Å²) >= 11 is 0. The summed E-state index contributed by atoms with van der Waals surface area (Å²) in [6, 6.07) is 6.22. The van der Waals surface area contributed by atoms with E-state index in [4.69, 9.17) is 11.5 Å². The van der Waals surface area contributed by atoms with E-state index in [1.54, 1.807) is 12.1 Å². The summed E-state index contributed by atoms with van der Waals surface area (Å²) in [7, 11) is 0. The second-order valence-corrected chi connectivity index (χ2v) is 3.64. The van der Waals surface area contributed by atoms with Crippen LogP contribution in [0, 0.1) is 12.7 Å². The van der Waals surface area contributed by atoms with Crippen molar-refractivity contribution in [2.45, 2.75) is 6.92 Å². The molecule has 0 aliphatic carbocycles. The molecule has 0 aliphatic heterocycles. The minimum absolute atomic E-state index is 0.0422. The number of rotatable bonds is 2. The van der Waals surface area contributed by atoms with Crippen LogP contribution in [0.1, 0.15) is 5.56 Å². The van der Waals surface area contributed by atoms with Crippen molar-refractivity contribution >= 4 is 23.3 Å². The Morgan fingerprint density at radius 2 is 1.94 bits per heavy atom. The van der Waals surface area contributed by atoms with Gasteiger partial charge < -0.3 is 16.8 Å². The predicted molar refractivity (Wildman–Crippen MR) is 65.3 cm³/mol. The lowest BCUT2D eigenvalue weighted by Gasteiger charge is -2.08. The summed E-state index contributed by atoms with van der Waals surface area (Å²) in [6.45, 7) is 1.87. The molecule has 2 aromatic rings. The van der Waals surface area contributed by atoms with E-state index in [-0.39, 0.29) is 17.6 Å². The molecule has 0 aliphatic rings. The maximum atomic E-state index is 13.5. The van der Waals surface area contributed by atoms with Crippen molar-refractivity contribution in [3.8, 4) is 0 Å². The predicted octanol–water partition coefficient (Wildman–Crippen LogP) is 1.83. The third-order valence-corrected chi connectivity index (χ3v) is 2.15. The molecule has 1 aromatic heterocycles. The van der Waals surface area contributed by atoms with Crippen molar-refractivity contribution < 1.29 is 4.39 Å². The first-order valence-corrected chi connectivity index (χ1v) is 4.98. The Balaban J connectivity index is 2.34. The van der Waals surface area contributed by atoms with Crippen LogP contribution in [0.2, 0.25) is 0 Å². The van der Waals surface area contributed by atoms with Gasteiger partial charge in [0, 0.05) is 6.07 Å². The average molecular weight is 233 g/mol. The molecule has 5 nitrogen and oxygen atoms in total. The zero-order valence-electron chi connectivity index (χ0n) is 9.24. The molecule has 1 aromatic carbocycles. The lowest BCUT2D eigenvalue weighted by atomic mass is 10.2. The summed E-state index contributed by atoms with van der Waals surface area (Å²) in [5.41, 5.74) is 12.2. The number of anilines is 4. The normalized spacial score (nSPS) is 10.2. The van der Waals surface area contributed by atoms with Crippen LogP contribution < -0.4 is 16.8 Å². The van der Waals surface area contributed by atoms with Gasteiger partial charge in [0.2, 0.25) is 5.95 Å². The highest BCUT2D eigenvalue weighted by atomic mass is 19.1. The van der Waals surface area contributed by atoms with E-state index in [1.165, 1.54) is 12.1 Å². The number of aryl methyl sites for hydroxylation is 1. The van der Waals surface area contributed by atoms with E-state index in [2.05, 4.69) is 15.3 Å². The van der Waals surface area contributed by atoms with Gasteiger partial charge in [0.05, 0.1) is 5.69 Å². The summed E-state index contributed by atoms with van der Waals surface area (Å²) in [5, 5.41) is 2.81. The third-order valence-electron chi connectivity index (χ3n) is 2.15. The molecule has 0 spiro atoms. The van der Waals surface area contributed by atoms with Crippen molar-refractivity contribution in [3.05, 3.63) is 35.6 Å². The van der Waals surface area contributed by atoms with Crippen LogP contribution in [0.25, 0.3) is 0 Å². The molecule has 5 N–H and O–H groups in total. The summed E-state index contributed by atoms with van der Waals surface area (Å²) in [6.07, 6.45) is 0. The fraction of sp³-hybridized carbons (Fsp3) is 0.0909. The number of hydrogen-bond donors (Lipinski definition) is 3. The second kappa shape index (κ2) is 4.25. The highest BCUT2D eigenvalue weighted by molar-refractivity contribution is 5.61. The summed E-state index contributed by atoms with van der Waals surface area (Å²) < 4.78 is 13.5. The van der Waals surface area contributed by atoms with Gasteiger partial charge >= 0.3 is 0 Å². The van der Waals surface area contributed by atoms with E-state index in [1.807, 2.05) is 6.92 Å². The molecule has 0 atom stereocenters. The molecule has 0 fully saturated rings. The fourth-order valence-corrected chi connectivity index (χ4v) is 1.42. The van der Waals surface area contributed by atoms with Gasteiger partial charge in [-0.05, 0) is 24.6 Å². The zero-order valence-corrected chi connectivity index (χ0v) is 9.24. The lowest BCUT2D eigenvalue weighted by Crippen LogP contribution is -2.03. The Kier molecular flexibility index (Phi) is 2.78. The average Bonchev–Trinajstić information content (AvgIpc) is 2.22. The van der Waals surface area contributed by atoms with Crippen LogP contribution in [0.15, 0.2) is 24.3 Å². The van der Waals surface area contributed by atoms with Gasteiger partial charge in [-0.1, -0.05) is 6.07 Å². The number of hydrogen-bond acceptors (Lipinski definition) is 5. The SMILES string of the molecule is Cc1ccc(F)c(Nc2cc(N)nc(N)n2)c1. The smallest absolute Gasteiger partial charge is 0.223 e. The van der Waals surface area contributed by atoms with Gasteiger partial charge in [-0.2, -0.15) is 9.97 Å². The van der Waals surface area contributed by atoms with Gasteiger partial charge in [-0.15, -0.1) is 0 Å². The monoisotopic (exact) mass is 233 g/mol. The van der Waals surface area contributed by atoms with Gasteiger partial charge in [-0.3, -0.25) is 0 Å². The van der Waals surface area contributed by atoms with Crippen molar-refractivity contribution in [1.82, 2.24) is 9.97 Å². The Bertz CT molecular complexity index is 535. The summed E-state index contributed by atoms with van der Waals surface area (Å²) in [5.74, 6) is 0.263. The molecule has 0 saturated heterocycles. The number of halogens is 1. The molecular formula is C11H12FN5. The zero-order chi connectivity index (χ0) is 12.4. The highest BCUT2D eigenvalue weighted by Gasteiger charge is 2.05. The number of nitrogens with two attached hydrogens (primary N) is 2. The van der Waals surface area contributed by atoms with Crippen LogP contribution in [0.5, 0.6) is 0 Å². The van der Waals surface area contributed by atoms with Crippen LogP contribution in [0.4, 0.5) is 27.7 Å². The molecule has 1 heterocycles. The van der Waals surface area contributed by atoms with Crippen LogP contribution in [-0.4, -0.2) is 9.97 Å². The van der Waals surface area contributed by atoms with Crippen molar-refractivity contribution in [1.29, 1.82) is 0 Å². The van der Waals surface area contributed by atoms with E-state index < -0.39 is 0 Å². The van der Waals surface area contributed by atoms with E-state index >= 15 is 0 Å². The first-order valence-electron chi connectivity index (χ1n) is 4.98. The molecule has 6 heteroatoms. The number of nitrogen functional groups attached to an aromatic ring is 2. The lowest BCUT2D eigenvalue weighted by molar-refractivity contribution is 0.631. The largest absolute Gasteiger partial charge is 0.383 e. The van der Waals surface area contributed by atoms with Crippen molar-refractivity contribution in [3.63, 3.8) is 0 Å². The second-order valence-electron chi connectivity index (χ2n) is 3.64. The molecule has 0 amide bonds. The quantitative estimate of drug-likeness (QED) is 0.736. The van der Waals surface area contributed by atoms with Crippen LogP contribution in [0.3, 0.4) is 0 Å². The number of benzene rings is 1.